The number of carbonyl (C=O) groups is 7. The van der Waals surface area contributed by atoms with E-state index in [2.05, 4.69) is 56.9 Å². The standard InChI is InChI=1S/C96H141N15O22/c1-86(2,3)67-48-75(132-103-67)110(58-92(18,124-53-61-28-38-119-39-29-61)79(113)100-85-99-77(101-102-85)64-26-24-23-25-27-64)84(118)96(22,128-66-36-46-123-47-37-66)60-111(76-49-68(104-133-76)87(4,5)6)83(117)95(21,126-55-63-32-42-121-43-33-63)57-108(81(115)91(16,17)78(112)97-72-50-69(129-105-72)88(7,8)9)56-94(20,125-54-62-30-40-120-41-31-62)82(116)109(74-52-71(131-107-74)90(13,14)15)59-93(19,127-65-34-44-122-45-35-65)80(114)98-73-51-70(130-106-73)89(10,11)12/h23-27,48-52,61-63,65-66H,28-47,53-60H2,1-22H3,(H,97,105,112)(H,98,106,114)(H2,99,100,101,102,113). The zero-order valence-corrected chi connectivity index (χ0v) is 81.9. The van der Waals surface area contributed by atoms with Crippen molar-refractivity contribution in [2.45, 2.75) is 284 Å². The summed E-state index contributed by atoms with van der Waals surface area (Å²) in [6, 6.07) is 17.2. The van der Waals surface area contributed by atoms with Crippen molar-refractivity contribution in [3.05, 3.63) is 89.3 Å². The molecule has 0 spiro atoms. The van der Waals surface area contributed by atoms with E-state index in [0.717, 1.165) is 0 Å². The Balaban J connectivity index is 1.03. The Labute approximate surface area is 779 Å². The normalized spacial score (nSPS) is 18.9. The van der Waals surface area contributed by atoms with Gasteiger partial charge in [0.1, 0.15) is 22.7 Å². The highest BCUT2D eigenvalue weighted by Crippen LogP contribution is 2.41. The summed E-state index contributed by atoms with van der Waals surface area (Å²) in [5.41, 5.74) is -14.9. The first-order valence-electron chi connectivity index (χ1n) is 46.6. The molecule has 5 aliphatic heterocycles. The highest BCUT2D eigenvalue weighted by Gasteiger charge is 2.56. The second kappa shape index (κ2) is 41.9. The van der Waals surface area contributed by atoms with Crippen LogP contribution < -0.4 is 30.7 Å². The molecule has 37 nitrogen and oxygen atoms in total. The molecular formula is C96H141N15O22. The number of carbonyl (C=O) groups excluding carboxylic acids is 7. The van der Waals surface area contributed by atoms with E-state index in [1.54, 1.807) is 44.2 Å². The highest BCUT2D eigenvalue weighted by molar-refractivity contribution is 6.11. The van der Waals surface area contributed by atoms with E-state index in [0.29, 0.717) is 144 Å². The number of hydrogen-bond donors (Lipinski definition) is 4. The van der Waals surface area contributed by atoms with Gasteiger partial charge in [-0.2, -0.15) is 4.98 Å². The fourth-order valence-corrected chi connectivity index (χ4v) is 16.2. The number of hydrogen-bond acceptors (Lipinski definition) is 29. The monoisotopic (exact) mass is 1860 g/mol. The van der Waals surface area contributed by atoms with Gasteiger partial charge in [-0.05, 0) is 130 Å². The van der Waals surface area contributed by atoms with Crippen molar-refractivity contribution in [3.63, 3.8) is 0 Å². The lowest BCUT2D eigenvalue weighted by molar-refractivity contribution is -0.168. The largest absolute Gasteiger partial charge is 0.381 e. The smallest absolute Gasteiger partial charge is 0.263 e. The van der Waals surface area contributed by atoms with Crippen LogP contribution in [0.3, 0.4) is 0 Å². The molecule has 133 heavy (non-hydrogen) atoms. The maximum absolute atomic E-state index is 18.0. The van der Waals surface area contributed by atoms with Crippen LogP contribution in [-0.4, -0.2) is 246 Å². The Morgan fingerprint density at radius 1 is 0.376 bits per heavy atom. The summed E-state index contributed by atoms with van der Waals surface area (Å²) in [5.74, 6) is -5.40. The SMILES string of the molecule is CC(CN(C(=O)C(C)(CN(C(=O)C(C)(CN(CC(C)(OCC1CCOCC1)C(=O)N(CC(C)(OC1CCOCC1)C(=O)Nc1cc(C(C)(C)C)on1)c1cc(C(C)(C)C)on1)C(=O)C(C)(C)C(=O)Nc1cc(C(C)(C)C)on1)OCC1CCOCC1)c1cc(C(C)(C)C)no1)OC1CCOCC1)c1cc(C(C)(C)C)no1)(OCC1CCOCC1)C(=O)Nc1n[nH]c(-c2ccccc2)n1. The van der Waals surface area contributed by atoms with Crippen LogP contribution in [0.5, 0.6) is 0 Å². The zero-order chi connectivity index (χ0) is 96.5. The van der Waals surface area contributed by atoms with E-state index < -0.39 is 147 Å². The highest BCUT2D eigenvalue weighted by atomic mass is 16.6. The first kappa shape index (κ1) is 102. The molecule has 4 N–H and O–H groups in total. The Hall–Kier alpha value is -9.70. The van der Waals surface area contributed by atoms with E-state index in [1.165, 1.54) is 54.2 Å². The third kappa shape index (κ3) is 25.9. The molecule has 7 amide bonds. The fraction of sp³-hybridized carbons (Fsp3) is 0.688. The second-order valence-corrected chi connectivity index (χ2v) is 42.9. The van der Waals surface area contributed by atoms with Gasteiger partial charge in [-0.15, -0.1) is 5.10 Å². The second-order valence-electron chi connectivity index (χ2n) is 42.9. The number of nitrogens with one attached hydrogen (secondary N) is 4. The van der Waals surface area contributed by atoms with Crippen LogP contribution in [0.15, 0.2) is 83.3 Å². The maximum Gasteiger partial charge on any atom is 0.263 e. The Morgan fingerprint density at radius 2 is 0.744 bits per heavy atom. The van der Waals surface area contributed by atoms with Crippen LogP contribution >= 0.6 is 0 Å². The van der Waals surface area contributed by atoms with Crippen molar-refractivity contribution in [1.29, 1.82) is 0 Å². The minimum atomic E-state index is -2.40. The molecule has 6 aromatic heterocycles. The van der Waals surface area contributed by atoms with Crippen molar-refractivity contribution in [1.82, 2.24) is 45.9 Å². The van der Waals surface area contributed by atoms with Gasteiger partial charge in [0.2, 0.25) is 29.5 Å². The summed E-state index contributed by atoms with van der Waals surface area (Å²) in [7, 11) is 0. The summed E-state index contributed by atoms with van der Waals surface area (Å²) in [6.07, 6.45) is 3.16. The molecule has 0 saturated carbocycles. The molecule has 7 aromatic rings. The zero-order valence-electron chi connectivity index (χ0n) is 81.9. The molecule has 5 atom stereocenters. The lowest BCUT2D eigenvalue weighted by Gasteiger charge is -2.45. The Kier molecular flexibility index (Phi) is 32.2. The third-order valence-corrected chi connectivity index (χ3v) is 25.3. The quantitative estimate of drug-likeness (QED) is 0.0263. The van der Waals surface area contributed by atoms with Crippen molar-refractivity contribution in [2.24, 2.45) is 23.2 Å². The lowest BCUT2D eigenvalue weighted by atomic mass is 9.88. The van der Waals surface area contributed by atoms with E-state index in [1.807, 2.05) is 134 Å². The molecule has 0 bridgehead atoms. The number of anilines is 6. The number of aromatic nitrogens is 8. The molecular weight excluding hydrogens is 1720 g/mol. The molecule has 0 radical (unpaired) electrons. The molecule has 5 saturated heterocycles. The van der Waals surface area contributed by atoms with Gasteiger partial charge in [0, 0.05) is 129 Å². The number of H-pyrrole nitrogens is 1. The van der Waals surface area contributed by atoms with Crippen molar-refractivity contribution < 1.29 is 104 Å². The minimum Gasteiger partial charge on any atom is -0.381 e. The molecule has 12 rings (SSSR count). The average molecular weight is 1860 g/mol. The first-order valence-corrected chi connectivity index (χ1v) is 46.6. The molecule has 732 valence electrons. The van der Waals surface area contributed by atoms with Crippen LogP contribution in [-0.2, 0) is 108 Å². The van der Waals surface area contributed by atoms with Crippen LogP contribution in [0.1, 0.15) is 245 Å². The number of rotatable bonds is 37. The summed E-state index contributed by atoms with van der Waals surface area (Å²) in [5, 5.41) is 38.2. The fourth-order valence-electron chi connectivity index (χ4n) is 16.2. The van der Waals surface area contributed by atoms with Crippen LogP contribution in [0.2, 0.25) is 0 Å². The minimum absolute atomic E-state index is 0.0122. The molecule has 1 aromatic carbocycles. The molecule has 5 aliphatic rings. The van der Waals surface area contributed by atoms with Crippen molar-refractivity contribution in [3.8, 4) is 11.4 Å². The summed E-state index contributed by atoms with van der Waals surface area (Å²) in [6.45, 7) is 38.9. The van der Waals surface area contributed by atoms with Gasteiger partial charge in [0.15, 0.2) is 51.3 Å². The third-order valence-electron chi connectivity index (χ3n) is 25.3. The average Bonchev–Trinajstić information content (AvgIpc) is 1.74. The molecule has 0 aliphatic carbocycles. The van der Waals surface area contributed by atoms with Crippen molar-refractivity contribution >= 4 is 76.5 Å². The number of amides is 7. The molecule has 5 fully saturated rings. The lowest BCUT2D eigenvalue weighted by Crippen LogP contribution is -2.66. The van der Waals surface area contributed by atoms with Crippen LogP contribution in [0, 0.1) is 23.2 Å². The van der Waals surface area contributed by atoms with Crippen LogP contribution in [0.25, 0.3) is 11.4 Å². The van der Waals surface area contributed by atoms with Gasteiger partial charge in [-0.1, -0.05) is 160 Å². The summed E-state index contributed by atoms with van der Waals surface area (Å²) < 4.78 is 96.0. The van der Waals surface area contributed by atoms with E-state index >= 15 is 33.6 Å². The van der Waals surface area contributed by atoms with E-state index in [4.69, 9.17) is 70.0 Å². The maximum atomic E-state index is 18.0. The van der Waals surface area contributed by atoms with Gasteiger partial charge >= 0.3 is 0 Å². The van der Waals surface area contributed by atoms with Gasteiger partial charge < -0.3 is 85.5 Å². The Bertz CT molecular complexity index is 5050. The summed E-state index contributed by atoms with van der Waals surface area (Å²) >= 11 is 0. The topological polar surface area (TPSA) is 433 Å². The van der Waals surface area contributed by atoms with Crippen molar-refractivity contribution in [2.75, 3.05) is 149 Å². The first-order chi connectivity index (χ1) is 62.4. The van der Waals surface area contributed by atoms with Gasteiger partial charge in [-0.3, -0.25) is 58.7 Å². The van der Waals surface area contributed by atoms with Gasteiger partial charge in [-0.25, -0.2) is 0 Å². The number of nitrogens with zero attached hydrogens (tertiary/aromatic N) is 11. The van der Waals surface area contributed by atoms with E-state index in [9.17, 15) is 0 Å². The number of benzene rings is 1. The molecule has 37 heteroatoms. The predicted octanol–water partition coefficient (Wildman–Crippen LogP) is 13.6. The Morgan fingerprint density at radius 3 is 1.16 bits per heavy atom. The number of ether oxygens (including phenoxy) is 10. The van der Waals surface area contributed by atoms with Gasteiger partial charge in [0.05, 0.1) is 76.1 Å². The summed E-state index contributed by atoms with van der Waals surface area (Å²) in [4.78, 5) is 127. The molecule has 11 heterocycles. The predicted molar refractivity (Wildman–Crippen MR) is 492 cm³/mol. The van der Waals surface area contributed by atoms with E-state index in [-0.39, 0.29) is 98.8 Å². The molecule has 5 unspecified atom stereocenters. The van der Waals surface area contributed by atoms with Gasteiger partial charge in [0.25, 0.3) is 29.5 Å². The number of aromatic amines is 1. The van der Waals surface area contributed by atoms with Crippen LogP contribution in [0.4, 0.5) is 35.2 Å².